The van der Waals surface area contributed by atoms with Gasteiger partial charge in [-0.05, 0) is 12.8 Å². The first-order valence-corrected chi connectivity index (χ1v) is 5.75. The van der Waals surface area contributed by atoms with Crippen molar-refractivity contribution in [3.63, 3.8) is 0 Å². The molecule has 0 N–H and O–H groups in total. The van der Waals surface area contributed by atoms with Crippen LogP contribution in [0.1, 0.15) is 52.9 Å². The van der Waals surface area contributed by atoms with E-state index in [2.05, 4.69) is 13.8 Å². The van der Waals surface area contributed by atoms with Crippen LogP contribution in [0.2, 0.25) is 0 Å². The van der Waals surface area contributed by atoms with Crippen molar-refractivity contribution in [2.75, 3.05) is 0 Å². The van der Waals surface area contributed by atoms with Crippen molar-refractivity contribution in [3.8, 4) is 0 Å². The van der Waals surface area contributed by atoms with Gasteiger partial charge in [0.2, 0.25) is 0 Å². The summed E-state index contributed by atoms with van der Waals surface area (Å²) < 4.78 is 0. The molecule has 2 heteroatoms. The van der Waals surface area contributed by atoms with E-state index in [0.29, 0.717) is 5.25 Å². The van der Waals surface area contributed by atoms with Gasteiger partial charge >= 0.3 is 0 Å². The number of carbonyl (C=O) groups is 1. The van der Waals surface area contributed by atoms with E-state index < -0.39 is 0 Å². The second kappa shape index (κ2) is 7.66. The smallest absolute Gasteiger partial charge is 0.186 e. The first-order valence-electron chi connectivity index (χ1n) is 4.87. The lowest BCUT2D eigenvalue weighted by atomic mass is 10.1. The highest BCUT2D eigenvalue weighted by Gasteiger charge is 2.08. The molecule has 0 heterocycles. The number of unbranched alkanes of at least 4 members (excludes halogenated alkanes) is 2. The summed E-state index contributed by atoms with van der Waals surface area (Å²) in [5.74, 6) is 0. The first-order chi connectivity index (χ1) is 5.70. The summed E-state index contributed by atoms with van der Waals surface area (Å²) in [6, 6.07) is 0. The van der Waals surface area contributed by atoms with E-state index >= 15 is 0 Å². The summed E-state index contributed by atoms with van der Waals surface area (Å²) >= 11 is 1.51. The Bertz CT molecular complexity index is 123. The Morgan fingerprint density at radius 3 is 2.42 bits per heavy atom. The monoisotopic (exact) mass is 188 g/mol. The maximum atomic E-state index is 10.8. The predicted octanol–water partition coefficient (Wildman–Crippen LogP) is 3.63. The van der Waals surface area contributed by atoms with Crippen LogP contribution in [-0.4, -0.2) is 10.4 Å². The fourth-order valence-electron chi connectivity index (χ4n) is 1.20. The minimum absolute atomic E-state index is 0.262. The van der Waals surface area contributed by atoms with Crippen LogP contribution < -0.4 is 0 Å². The molecule has 0 spiro atoms. The fraction of sp³-hybridized carbons (Fsp3) is 0.900. The molecule has 0 aliphatic heterocycles. The van der Waals surface area contributed by atoms with E-state index in [9.17, 15) is 4.79 Å². The van der Waals surface area contributed by atoms with Crippen LogP contribution in [0, 0.1) is 0 Å². The van der Waals surface area contributed by atoms with Crippen molar-refractivity contribution in [1.82, 2.24) is 0 Å². The van der Waals surface area contributed by atoms with Gasteiger partial charge in [-0.3, -0.25) is 4.79 Å². The minimum Gasteiger partial charge on any atom is -0.288 e. The topological polar surface area (TPSA) is 17.1 Å². The number of rotatable bonds is 6. The van der Waals surface area contributed by atoms with Crippen molar-refractivity contribution in [1.29, 1.82) is 0 Å². The number of hydrogen-bond donors (Lipinski definition) is 0. The molecule has 1 unspecified atom stereocenters. The van der Waals surface area contributed by atoms with Crippen LogP contribution in [0.4, 0.5) is 0 Å². The fourth-order valence-corrected chi connectivity index (χ4v) is 2.12. The van der Waals surface area contributed by atoms with Crippen LogP contribution in [0.15, 0.2) is 0 Å². The third-order valence-corrected chi connectivity index (χ3v) is 3.15. The number of hydrogen-bond acceptors (Lipinski definition) is 2. The zero-order chi connectivity index (χ0) is 9.40. The Balaban J connectivity index is 3.46. The molecule has 0 aromatic carbocycles. The second-order valence-electron chi connectivity index (χ2n) is 3.14. The van der Waals surface area contributed by atoms with Gasteiger partial charge in [0.1, 0.15) is 0 Å². The van der Waals surface area contributed by atoms with E-state index in [1.807, 2.05) is 0 Å². The molecule has 1 atom stereocenters. The Morgan fingerprint density at radius 2 is 2.00 bits per heavy atom. The highest BCUT2D eigenvalue weighted by atomic mass is 32.2. The molecule has 72 valence electrons. The van der Waals surface area contributed by atoms with Gasteiger partial charge in [0.25, 0.3) is 0 Å². The van der Waals surface area contributed by atoms with Gasteiger partial charge in [0.05, 0.1) is 0 Å². The Hall–Kier alpha value is 0.0200. The van der Waals surface area contributed by atoms with E-state index in [1.165, 1.54) is 37.4 Å². The third-order valence-electron chi connectivity index (χ3n) is 1.92. The van der Waals surface area contributed by atoms with E-state index in [-0.39, 0.29) is 5.12 Å². The molecule has 0 bridgehead atoms. The van der Waals surface area contributed by atoms with Crippen LogP contribution in [-0.2, 0) is 4.79 Å². The van der Waals surface area contributed by atoms with Crippen molar-refractivity contribution in [2.24, 2.45) is 0 Å². The van der Waals surface area contributed by atoms with Gasteiger partial charge < -0.3 is 0 Å². The molecule has 0 aromatic rings. The molecule has 0 amide bonds. The lowest BCUT2D eigenvalue weighted by Crippen LogP contribution is -2.03. The van der Waals surface area contributed by atoms with Crippen molar-refractivity contribution in [3.05, 3.63) is 0 Å². The van der Waals surface area contributed by atoms with Gasteiger partial charge in [-0.15, -0.1) is 0 Å². The quantitative estimate of drug-likeness (QED) is 0.592. The average molecular weight is 188 g/mol. The zero-order valence-corrected chi connectivity index (χ0v) is 9.25. The van der Waals surface area contributed by atoms with Crippen LogP contribution in [0.25, 0.3) is 0 Å². The second-order valence-corrected chi connectivity index (χ2v) is 4.61. The number of carbonyl (C=O) groups excluding carboxylic acids is 1. The summed E-state index contributed by atoms with van der Waals surface area (Å²) in [6.07, 6.45) is 6.16. The Morgan fingerprint density at radius 1 is 1.33 bits per heavy atom. The van der Waals surface area contributed by atoms with Crippen LogP contribution in [0.5, 0.6) is 0 Å². The summed E-state index contributed by atoms with van der Waals surface area (Å²) in [5.41, 5.74) is 0. The lowest BCUT2D eigenvalue weighted by Gasteiger charge is -2.11. The lowest BCUT2D eigenvalue weighted by molar-refractivity contribution is -0.109. The average Bonchev–Trinajstić information content (AvgIpc) is 2.02. The van der Waals surface area contributed by atoms with Gasteiger partial charge in [-0.25, -0.2) is 0 Å². The molecule has 1 nitrogen and oxygen atoms in total. The van der Waals surface area contributed by atoms with Gasteiger partial charge in [-0.2, -0.15) is 0 Å². The molecular weight excluding hydrogens is 168 g/mol. The zero-order valence-electron chi connectivity index (χ0n) is 8.43. The summed E-state index contributed by atoms with van der Waals surface area (Å²) in [5, 5.41) is 0.826. The molecular formula is C10H20OS. The maximum Gasteiger partial charge on any atom is 0.186 e. The summed E-state index contributed by atoms with van der Waals surface area (Å²) in [6.45, 7) is 6.03. The van der Waals surface area contributed by atoms with Crippen LogP contribution in [0.3, 0.4) is 0 Å². The summed E-state index contributed by atoms with van der Waals surface area (Å²) in [7, 11) is 0. The Labute approximate surface area is 80.3 Å². The minimum atomic E-state index is 0.262. The Kier molecular flexibility index (Phi) is 7.67. The van der Waals surface area contributed by atoms with Crippen LogP contribution >= 0.6 is 11.8 Å². The van der Waals surface area contributed by atoms with E-state index in [0.717, 1.165) is 6.42 Å². The molecule has 0 rings (SSSR count). The van der Waals surface area contributed by atoms with Crippen molar-refractivity contribution >= 4 is 16.9 Å². The molecule has 0 radical (unpaired) electrons. The molecule has 0 saturated heterocycles. The molecule has 0 saturated carbocycles. The van der Waals surface area contributed by atoms with Gasteiger partial charge in [0, 0.05) is 12.2 Å². The largest absolute Gasteiger partial charge is 0.288 e. The van der Waals surface area contributed by atoms with Crippen molar-refractivity contribution in [2.45, 2.75) is 58.1 Å². The SMILES string of the molecule is CCCCCC(CC)SC(C)=O. The predicted molar refractivity (Wildman–Crippen MR) is 56.5 cm³/mol. The van der Waals surface area contributed by atoms with Crippen molar-refractivity contribution < 1.29 is 4.79 Å². The van der Waals surface area contributed by atoms with E-state index in [4.69, 9.17) is 0 Å². The number of thioether (sulfide) groups is 1. The molecule has 0 aliphatic carbocycles. The third kappa shape index (κ3) is 6.71. The molecule has 0 fully saturated rings. The highest BCUT2D eigenvalue weighted by molar-refractivity contribution is 8.14. The maximum absolute atomic E-state index is 10.8. The summed E-state index contributed by atoms with van der Waals surface area (Å²) in [4.78, 5) is 10.8. The standard InChI is InChI=1S/C10H20OS/c1-4-6-7-8-10(5-2)12-9(3)11/h10H,4-8H2,1-3H3. The first kappa shape index (κ1) is 12.0. The highest BCUT2D eigenvalue weighted by Crippen LogP contribution is 2.21. The molecule has 0 aliphatic rings. The van der Waals surface area contributed by atoms with E-state index in [1.54, 1.807) is 6.92 Å². The molecule has 0 aromatic heterocycles. The molecule has 12 heavy (non-hydrogen) atoms. The van der Waals surface area contributed by atoms with Gasteiger partial charge in [0.15, 0.2) is 5.12 Å². The van der Waals surface area contributed by atoms with Gasteiger partial charge in [-0.1, -0.05) is 44.9 Å². The normalized spacial score (nSPS) is 12.9.